The predicted molar refractivity (Wildman–Crippen MR) is 60.0 cm³/mol. The lowest BCUT2D eigenvalue weighted by Gasteiger charge is -2.20. The van der Waals surface area contributed by atoms with Crippen LogP contribution in [0.4, 0.5) is 0 Å². The van der Waals surface area contributed by atoms with Crippen LogP contribution in [0.2, 0.25) is 0 Å². The maximum absolute atomic E-state index is 11.7. The highest BCUT2D eigenvalue weighted by Crippen LogP contribution is 2.08. The van der Waals surface area contributed by atoms with Crippen molar-refractivity contribution in [3.63, 3.8) is 0 Å². The summed E-state index contributed by atoms with van der Waals surface area (Å²) in [6, 6.07) is 0. The molecular weight excluding hydrogens is 176 g/mol. The largest absolute Gasteiger partial charge is 0.346 e. The van der Waals surface area contributed by atoms with Gasteiger partial charge in [-0.1, -0.05) is 20.3 Å². The van der Waals surface area contributed by atoms with Crippen molar-refractivity contribution in [3.8, 4) is 0 Å². The van der Waals surface area contributed by atoms with E-state index in [-0.39, 0.29) is 11.8 Å². The molecule has 0 aliphatic carbocycles. The molecule has 3 heteroatoms. The quantitative estimate of drug-likeness (QED) is 0.679. The van der Waals surface area contributed by atoms with Crippen molar-refractivity contribution in [2.75, 3.05) is 20.1 Å². The van der Waals surface area contributed by atoms with E-state index in [1.807, 2.05) is 18.9 Å². The first kappa shape index (κ1) is 13.4. The number of amides is 1. The van der Waals surface area contributed by atoms with Gasteiger partial charge in [0.1, 0.15) is 0 Å². The summed E-state index contributed by atoms with van der Waals surface area (Å²) in [4.78, 5) is 13.6. The Bertz CT molecular complexity index is 143. The van der Waals surface area contributed by atoms with Gasteiger partial charge in [-0.2, -0.15) is 0 Å². The van der Waals surface area contributed by atoms with Gasteiger partial charge < -0.3 is 10.6 Å². The van der Waals surface area contributed by atoms with E-state index < -0.39 is 0 Å². The molecule has 84 valence electrons. The molecule has 14 heavy (non-hydrogen) atoms. The molecule has 0 radical (unpaired) electrons. The van der Waals surface area contributed by atoms with Crippen molar-refractivity contribution in [3.05, 3.63) is 0 Å². The summed E-state index contributed by atoms with van der Waals surface area (Å²) in [5, 5.41) is 0. The molecule has 1 amide bonds. The number of rotatable bonds is 7. The maximum atomic E-state index is 11.7. The van der Waals surface area contributed by atoms with Crippen LogP contribution < -0.4 is 5.73 Å². The molecule has 0 aromatic heterocycles. The molecule has 1 atom stereocenters. The zero-order chi connectivity index (χ0) is 11.0. The predicted octanol–water partition coefficient (Wildman–Crippen LogP) is 1.62. The summed E-state index contributed by atoms with van der Waals surface area (Å²) in [6.07, 6.45) is 4.07. The van der Waals surface area contributed by atoms with Crippen molar-refractivity contribution in [1.82, 2.24) is 4.90 Å². The average molecular weight is 200 g/mol. The lowest BCUT2D eigenvalue weighted by Crippen LogP contribution is -2.32. The van der Waals surface area contributed by atoms with E-state index in [9.17, 15) is 4.79 Å². The van der Waals surface area contributed by atoms with Gasteiger partial charge in [-0.15, -0.1) is 0 Å². The second kappa shape index (κ2) is 7.80. The molecule has 1 unspecified atom stereocenters. The molecule has 0 rings (SSSR count). The molecule has 0 saturated heterocycles. The minimum absolute atomic E-state index is 0.125. The van der Waals surface area contributed by atoms with Crippen LogP contribution in [-0.2, 0) is 4.79 Å². The Hall–Kier alpha value is -0.570. The Morgan fingerprint density at radius 3 is 2.57 bits per heavy atom. The summed E-state index contributed by atoms with van der Waals surface area (Å²) in [5.74, 6) is 0.382. The van der Waals surface area contributed by atoms with Gasteiger partial charge in [0.25, 0.3) is 0 Å². The van der Waals surface area contributed by atoms with Crippen molar-refractivity contribution in [2.45, 2.75) is 39.5 Å². The molecule has 0 spiro atoms. The van der Waals surface area contributed by atoms with Gasteiger partial charge in [-0.05, 0) is 25.8 Å². The molecule has 2 N–H and O–H groups in total. The molecule has 0 aromatic carbocycles. The van der Waals surface area contributed by atoms with Crippen molar-refractivity contribution in [2.24, 2.45) is 11.7 Å². The van der Waals surface area contributed by atoms with E-state index in [2.05, 4.69) is 6.92 Å². The van der Waals surface area contributed by atoms with Gasteiger partial charge in [-0.3, -0.25) is 4.79 Å². The zero-order valence-corrected chi connectivity index (χ0v) is 9.75. The summed E-state index contributed by atoms with van der Waals surface area (Å²) < 4.78 is 0. The highest BCUT2D eigenvalue weighted by molar-refractivity contribution is 5.78. The van der Waals surface area contributed by atoms with E-state index >= 15 is 0 Å². The lowest BCUT2D eigenvalue weighted by molar-refractivity contribution is -0.133. The highest BCUT2D eigenvalue weighted by atomic mass is 16.2. The number of nitrogens with zero attached hydrogens (tertiary/aromatic N) is 1. The van der Waals surface area contributed by atoms with Crippen LogP contribution in [0.25, 0.3) is 0 Å². The highest BCUT2D eigenvalue weighted by Gasteiger charge is 2.15. The minimum Gasteiger partial charge on any atom is -0.346 e. The molecule has 0 fully saturated rings. The third kappa shape index (κ3) is 5.22. The minimum atomic E-state index is 0.125. The molecule has 0 heterocycles. The topological polar surface area (TPSA) is 46.3 Å². The number of carbonyl (C=O) groups is 1. The number of carbonyl (C=O) groups excluding carboxylic acids is 1. The second-order valence-electron chi connectivity index (χ2n) is 3.95. The Labute approximate surface area is 87.6 Å². The fraction of sp³-hybridized carbons (Fsp3) is 0.909. The molecule has 3 nitrogen and oxygen atoms in total. The Morgan fingerprint density at radius 1 is 1.43 bits per heavy atom. The third-order valence-corrected chi connectivity index (χ3v) is 2.49. The van der Waals surface area contributed by atoms with Gasteiger partial charge in [-0.25, -0.2) is 0 Å². The summed E-state index contributed by atoms with van der Waals surface area (Å²) in [6.45, 7) is 5.68. The summed E-state index contributed by atoms with van der Waals surface area (Å²) in [5.41, 5.74) is 5.41. The van der Waals surface area contributed by atoms with Crippen LogP contribution in [0.15, 0.2) is 0 Å². The molecule has 0 saturated carbocycles. The smallest absolute Gasteiger partial charge is 0.225 e. The lowest BCUT2D eigenvalue weighted by atomic mass is 10.0. The molecule has 0 aromatic rings. The van der Waals surface area contributed by atoms with Crippen molar-refractivity contribution in [1.29, 1.82) is 0 Å². The average Bonchev–Trinajstić information content (AvgIpc) is 2.21. The number of nitrogens with two attached hydrogens (primary N) is 1. The van der Waals surface area contributed by atoms with Gasteiger partial charge >= 0.3 is 0 Å². The molecular formula is C11H24N2O. The Morgan fingerprint density at radius 2 is 2.07 bits per heavy atom. The maximum Gasteiger partial charge on any atom is 0.225 e. The van der Waals surface area contributed by atoms with Crippen LogP contribution >= 0.6 is 0 Å². The molecule has 0 aliphatic heterocycles. The van der Waals surface area contributed by atoms with Crippen LogP contribution in [0, 0.1) is 5.92 Å². The number of hydrogen-bond acceptors (Lipinski definition) is 2. The molecule has 0 aliphatic rings. The summed E-state index contributed by atoms with van der Waals surface area (Å²) >= 11 is 0. The fourth-order valence-corrected chi connectivity index (χ4v) is 1.43. The van der Waals surface area contributed by atoms with Crippen molar-refractivity contribution < 1.29 is 4.79 Å². The zero-order valence-electron chi connectivity index (χ0n) is 9.75. The first-order chi connectivity index (χ1) is 6.63. The fourth-order valence-electron chi connectivity index (χ4n) is 1.43. The SMILES string of the molecule is CCCCN(C)C(=O)C(C)CCCN. The third-order valence-electron chi connectivity index (χ3n) is 2.49. The standard InChI is InChI=1S/C11H24N2O/c1-4-5-9-13(3)11(14)10(2)7-6-8-12/h10H,4-9,12H2,1-3H3. The van der Waals surface area contributed by atoms with E-state index in [4.69, 9.17) is 5.73 Å². The van der Waals surface area contributed by atoms with E-state index in [0.717, 1.165) is 32.2 Å². The van der Waals surface area contributed by atoms with Crippen molar-refractivity contribution >= 4 is 5.91 Å². The van der Waals surface area contributed by atoms with Crippen LogP contribution in [0.3, 0.4) is 0 Å². The number of unbranched alkanes of at least 4 members (excludes halogenated alkanes) is 1. The molecule has 0 bridgehead atoms. The van der Waals surface area contributed by atoms with Crippen LogP contribution in [-0.4, -0.2) is 30.9 Å². The van der Waals surface area contributed by atoms with Gasteiger partial charge in [0.15, 0.2) is 0 Å². The first-order valence-corrected chi connectivity index (χ1v) is 5.58. The Balaban J connectivity index is 3.78. The monoisotopic (exact) mass is 200 g/mol. The second-order valence-corrected chi connectivity index (χ2v) is 3.95. The van der Waals surface area contributed by atoms with Gasteiger partial charge in [0.05, 0.1) is 0 Å². The normalized spacial score (nSPS) is 12.6. The van der Waals surface area contributed by atoms with E-state index in [0.29, 0.717) is 6.54 Å². The van der Waals surface area contributed by atoms with Crippen LogP contribution in [0.5, 0.6) is 0 Å². The number of hydrogen-bond donors (Lipinski definition) is 1. The van der Waals surface area contributed by atoms with Crippen LogP contribution in [0.1, 0.15) is 39.5 Å². The van der Waals surface area contributed by atoms with E-state index in [1.165, 1.54) is 0 Å². The first-order valence-electron chi connectivity index (χ1n) is 5.58. The van der Waals surface area contributed by atoms with Gasteiger partial charge in [0.2, 0.25) is 5.91 Å². The van der Waals surface area contributed by atoms with E-state index in [1.54, 1.807) is 0 Å². The summed E-state index contributed by atoms with van der Waals surface area (Å²) in [7, 11) is 1.89. The van der Waals surface area contributed by atoms with Gasteiger partial charge in [0, 0.05) is 19.5 Å². The Kier molecular flexibility index (Phi) is 7.48.